The number of methoxy groups -OCH3 is 1. The molecule has 1 aliphatic rings. The standard InChI is InChI=1S/C22H26ClNO2/c1-26-20-13-9-18(10-14-20)21-5-3-2-4-16-24(21)22(25)15-8-17-6-11-19(23)12-7-17/h6-7,9-14,21H,2-5,8,15-16H2,1H3. The summed E-state index contributed by atoms with van der Waals surface area (Å²) in [7, 11) is 1.67. The lowest BCUT2D eigenvalue weighted by Crippen LogP contribution is -2.35. The van der Waals surface area contributed by atoms with Gasteiger partial charge in [-0.3, -0.25) is 4.79 Å². The summed E-state index contributed by atoms with van der Waals surface area (Å²) in [6.45, 7) is 0.843. The summed E-state index contributed by atoms with van der Waals surface area (Å²) < 4.78 is 5.26. The van der Waals surface area contributed by atoms with Crippen LogP contribution in [0.3, 0.4) is 0 Å². The van der Waals surface area contributed by atoms with Gasteiger partial charge in [0.15, 0.2) is 0 Å². The van der Waals surface area contributed by atoms with Gasteiger partial charge >= 0.3 is 0 Å². The zero-order valence-electron chi connectivity index (χ0n) is 15.3. The van der Waals surface area contributed by atoms with Crippen LogP contribution in [0.5, 0.6) is 5.75 Å². The predicted octanol–water partition coefficient (Wildman–Crippen LogP) is 5.43. The summed E-state index contributed by atoms with van der Waals surface area (Å²) >= 11 is 5.94. The number of halogens is 1. The summed E-state index contributed by atoms with van der Waals surface area (Å²) in [4.78, 5) is 15.1. The number of benzene rings is 2. The number of carbonyl (C=O) groups is 1. The van der Waals surface area contributed by atoms with Crippen molar-refractivity contribution in [1.82, 2.24) is 4.90 Å². The second kappa shape index (κ2) is 9.09. The van der Waals surface area contributed by atoms with Crippen molar-refractivity contribution in [2.75, 3.05) is 13.7 Å². The van der Waals surface area contributed by atoms with Crippen LogP contribution >= 0.6 is 11.6 Å². The number of rotatable bonds is 5. The molecule has 1 unspecified atom stereocenters. The molecule has 3 rings (SSSR count). The van der Waals surface area contributed by atoms with Crippen molar-refractivity contribution in [3.05, 3.63) is 64.7 Å². The van der Waals surface area contributed by atoms with Gasteiger partial charge in [-0.15, -0.1) is 0 Å². The summed E-state index contributed by atoms with van der Waals surface area (Å²) in [6.07, 6.45) is 5.75. The molecule has 0 aliphatic carbocycles. The van der Waals surface area contributed by atoms with Crippen LogP contribution in [0, 0.1) is 0 Å². The molecule has 138 valence electrons. The Bertz CT molecular complexity index is 712. The molecule has 1 aliphatic heterocycles. The molecule has 1 atom stereocenters. The topological polar surface area (TPSA) is 29.5 Å². The van der Waals surface area contributed by atoms with Gasteiger partial charge in [0, 0.05) is 18.0 Å². The molecule has 2 aromatic carbocycles. The van der Waals surface area contributed by atoms with Gasteiger partial charge in [-0.25, -0.2) is 0 Å². The quantitative estimate of drug-likeness (QED) is 0.701. The lowest BCUT2D eigenvalue weighted by Gasteiger charge is -2.31. The average molecular weight is 372 g/mol. The second-order valence-corrected chi connectivity index (χ2v) is 7.29. The molecule has 1 heterocycles. The van der Waals surface area contributed by atoms with Crippen LogP contribution in [-0.2, 0) is 11.2 Å². The summed E-state index contributed by atoms with van der Waals surface area (Å²) in [6, 6.07) is 16.1. The maximum atomic E-state index is 13.0. The SMILES string of the molecule is COc1ccc(C2CCCCCN2C(=O)CCc2ccc(Cl)cc2)cc1. The van der Waals surface area contributed by atoms with E-state index in [1.54, 1.807) is 7.11 Å². The minimum atomic E-state index is 0.168. The minimum absolute atomic E-state index is 0.168. The molecule has 0 N–H and O–H groups in total. The fraction of sp³-hybridized carbons (Fsp3) is 0.409. The Morgan fingerprint density at radius 3 is 2.50 bits per heavy atom. The summed E-state index contributed by atoms with van der Waals surface area (Å²) in [5.41, 5.74) is 2.35. The third-order valence-corrected chi connectivity index (χ3v) is 5.37. The summed E-state index contributed by atoms with van der Waals surface area (Å²) in [5, 5.41) is 0.729. The van der Waals surface area contributed by atoms with Gasteiger partial charge in [0.05, 0.1) is 13.2 Å². The van der Waals surface area contributed by atoms with E-state index in [2.05, 4.69) is 17.0 Å². The van der Waals surface area contributed by atoms with Gasteiger partial charge in [0.1, 0.15) is 5.75 Å². The smallest absolute Gasteiger partial charge is 0.223 e. The Hall–Kier alpha value is -2.00. The van der Waals surface area contributed by atoms with Crippen LogP contribution in [0.1, 0.15) is 49.3 Å². The lowest BCUT2D eigenvalue weighted by atomic mass is 10.00. The highest BCUT2D eigenvalue weighted by molar-refractivity contribution is 6.30. The van der Waals surface area contributed by atoms with Crippen molar-refractivity contribution in [1.29, 1.82) is 0 Å². The van der Waals surface area contributed by atoms with Gasteiger partial charge in [-0.1, -0.05) is 48.7 Å². The van der Waals surface area contributed by atoms with Crippen molar-refractivity contribution >= 4 is 17.5 Å². The van der Waals surface area contributed by atoms with Crippen molar-refractivity contribution in [2.45, 2.75) is 44.6 Å². The largest absolute Gasteiger partial charge is 0.497 e. The Balaban J connectivity index is 1.70. The Morgan fingerprint density at radius 2 is 1.81 bits per heavy atom. The van der Waals surface area contributed by atoms with E-state index in [9.17, 15) is 4.79 Å². The average Bonchev–Trinajstić information content (AvgIpc) is 2.93. The molecule has 1 amide bonds. The molecule has 26 heavy (non-hydrogen) atoms. The number of hydrogen-bond acceptors (Lipinski definition) is 2. The van der Waals surface area contributed by atoms with Crippen molar-refractivity contribution in [3.8, 4) is 5.75 Å². The monoisotopic (exact) mass is 371 g/mol. The highest BCUT2D eigenvalue weighted by Gasteiger charge is 2.26. The first-order chi connectivity index (χ1) is 12.7. The molecule has 3 nitrogen and oxygen atoms in total. The lowest BCUT2D eigenvalue weighted by molar-refractivity contribution is -0.133. The first-order valence-corrected chi connectivity index (χ1v) is 9.73. The normalized spacial score (nSPS) is 17.6. The molecule has 4 heteroatoms. The number of amides is 1. The first kappa shape index (κ1) is 18.8. The predicted molar refractivity (Wildman–Crippen MR) is 106 cm³/mol. The van der Waals surface area contributed by atoms with Crippen LogP contribution in [0.25, 0.3) is 0 Å². The van der Waals surface area contributed by atoms with E-state index in [0.717, 1.165) is 48.6 Å². The van der Waals surface area contributed by atoms with E-state index in [1.807, 2.05) is 36.4 Å². The number of nitrogens with zero attached hydrogens (tertiary/aromatic N) is 1. The third-order valence-electron chi connectivity index (χ3n) is 5.11. The second-order valence-electron chi connectivity index (χ2n) is 6.85. The van der Waals surface area contributed by atoms with E-state index >= 15 is 0 Å². The van der Waals surface area contributed by atoms with E-state index in [0.29, 0.717) is 6.42 Å². The first-order valence-electron chi connectivity index (χ1n) is 9.35. The zero-order valence-corrected chi connectivity index (χ0v) is 16.0. The molecular formula is C22H26ClNO2. The molecule has 0 bridgehead atoms. The van der Waals surface area contributed by atoms with E-state index in [-0.39, 0.29) is 11.9 Å². The summed E-state index contributed by atoms with van der Waals surface area (Å²) in [5.74, 6) is 1.09. The van der Waals surface area contributed by atoms with Gasteiger partial charge in [0.25, 0.3) is 0 Å². The Kier molecular flexibility index (Phi) is 6.56. The number of likely N-dealkylation sites (tertiary alicyclic amines) is 1. The zero-order chi connectivity index (χ0) is 18.4. The van der Waals surface area contributed by atoms with Crippen LogP contribution in [0.15, 0.2) is 48.5 Å². The van der Waals surface area contributed by atoms with Gasteiger partial charge in [-0.2, -0.15) is 0 Å². The molecular weight excluding hydrogens is 346 g/mol. The fourth-order valence-electron chi connectivity index (χ4n) is 3.63. The minimum Gasteiger partial charge on any atom is -0.497 e. The number of aryl methyl sites for hydroxylation is 1. The molecule has 1 fully saturated rings. The van der Waals surface area contributed by atoms with Crippen molar-refractivity contribution in [3.63, 3.8) is 0 Å². The molecule has 1 saturated heterocycles. The molecule has 0 saturated carbocycles. The van der Waals surface area contributed by atoms with Gasteiger partial charge < -0.3 is 9.64 Å². The highest BCUT2D eigenvalue weighted by Crippen LogP contribution is 2.31. The van der Waals surface area contributed by atoms with E-state index in [1.165, 1.54) is 12.0 Å². The highest BCUT2D eigenvalue weighted by atomic mass is 35.5. The number of ether oxygens (including phenoxy) is 1. The van der Waals surface area contributed by atoms with Gasteiger partial charge in [-0.05, 0) is 54.7 Å². The van der Waals surface area contributed by atoms with Crippen LogP contribution in [0.2, 0.25) is 5.02 Å². The Morgan fingerprint density at radius 1 is 1.08 bits per heavy atom. The Labute approximate surface area is 160 Å². The third kappa shape index (κ3) is 4.79. The van der Waals surface area contributed by atoms with Crippen molar-refractivity contribution < 1.29 is 9.53 Å². The molecule has 0 aromatic heterocycles. The molecule has 0 radical (unpaired) electrons. The van der Waals surface area contributed by atoms with E-state index < -0.39 is 0 Å². The fourth-order valence-corrected chi connectivity index (χ4v) is 3.75. The molecule has 2 aromatic rings. The number of hydrogen-bond donors (Lipinski definition) is 0. The van der Waals surface area contributed by atoms with Crippen LogP contribution in [-0.4, -0.2) is 24.5 Å². The molecule has 0 spiro atoms. The van der Waals surface area contributed by atoms with Crippen LogP contribution < -0.4 is 4.74 Å². The van der Waals surface area contributed by atoms with E-state index in [4.69, 9.17) is 16.3 Å². The number of carbonyl (C=O) groups excluding carboxylic acids is 1. The maximum absolute atomic E-state index is 13.0. The van der Waals surface area contributed by atoms with Crippen molar-refractivity contribution in [2.24, 2.45) is 0 Å². The van der Waals surface area contributed by atoms with Crippen LogP contribution in [0.4, 0.5) is 0 Å². The maximum Gasteiger partial charge on any atom is 0.223 e. The van der Waals surface area contributed by atoms with Gasteiger partial charge in [0.2, 0.25) is 5.91 Å².